The molecule has 0 radical (unpaired) electrons. The molecule has 90 valence electrons. The van der Waals surface area contributed by atoms with Gasteiger partial charge in [-0.3, -0.25) is 4.79 Å². The lowest BCUT2D eigenvalue weighted by Crippen LogP contribution is -2.28. The lowest BCUT2D eigenvalue weighted by Gasteiger charge is -2.13. The Morgan fingerprint density at radius 2 is 2.38 bits per heavy atom. The number of carbonyl (C=O) groups is 1. The van der Waals surface area contributed by atoms with E-state index in [-0.39, 0.29) is 5.91 Å². The van der Waals surface area contributed by atoms with E-state index >= 15 is 0 Å². The molecule has 1 rings (SSSR count). The highest BCUT2D eigenvalue weighted by atomic mass is 32.2. The van der Waals surface area contributed by atoms with Crippen molar-refractivity contribution in [3.63, 3.8) is 0 Å². The maximum absolute atomic E-state index is 11.5. The van der Waals surface area contributed by atoms with Crippen LogP contribution < -0.4 is 5.73 Å². The number of amides is 1. The quantitative estimate of drug-likeness (QED) is 0.659. The number of rotatable bonds is 6. The molecule has 0 aliphatic heterocycles. The predicted octanol–water partition coefficient (Wildman–Crippen LogP) is -0.798. The minimum Gasteiger partial charge on any atom is -0.345 e. The van der Waals surface area contributed by atoms with E-state index in [4.69, 9.17) is 5.73 Å². The van der Waals surface area contributed by atoms with Crippen LogP contribution in [0.5, 0.6) is 0 Å². The van der Waals surface area contributed by atoms with Gasteiger partial charge in [-0.1, -0.05) is 11.8 Å². The molecule has 0 aliphatic rings. The molecule has 0 fully saturated rings. The van der Waals surface area contributed by atoms with Crippen molar-refractivity contribution in [1.82, 2.24) is 25.1 Å². The molecule has 1 heterocycles. The van der Waals surface area contributed by atoms with Crippen molar-refractivity contribution in [3.8, 4) is 0 Å². The Labute approximate surface area is 98.4 Å². The summed E-state index contributed by atoms with van der Waals surface area (Å²) in [5.74, 6) is 0.407. The van der Waals surface area contributed by atoms with Crippen molar-refractivity contribution >= 4 is 17.7 Å². The van der Waals surface area contributed by atoms with Gasteiger partial charge >= 0.3 is 0 Å². The van der Waals surface area contributed by atoms with Gasteiger partial charge in [-0.2, -0.15) is 0 Å². The normalized spacial score (nSPS) is 10.4. The van der Waals surface area contributed by atoms with E-state index in [1.807, 2.05) is 6.92 Å². The summed E-state index contributed by atoms with van der Waals surface area (Å²) in [5, 5.41) is 11.8. The van der Waals surface area contributed by atoms with Crippen molar-refractivity contribution in [1.29, 1.82) is 0 Å². The highest BCUT2D eigenvalue weighted by Crippen LogP contribution is 2.13. The second kappa shape index (κ2) is 6.44. The topological polar surface area (TPSA) is 89.9 Å². The van der Waals surface area contributed by atoms with Gasteiger partial charge in [-0.05, 0) is 17.4 Å². The second-order valence-electron chi connectivity index (χ2n) is 3.17. The van der Waals surface area contributed by atoms with Gasteiger partial charge in [-0.15, -0.1) is 5.10 Å². The van der Waals surface area contributed by atoms with Crippen LogP contribution in [0.15, 0.2) is 5.16 Å². The number of thioether (sulfide) groups is 1. The Hall–Kier alpha value is -1.15. The van der Waals surface area contributed by atoms with Crippen LogP contribution in [0.2, 0.25) is 0 Å². The Balaban J connectivity index is 2.47. The fraction of sp³-hybridized carbons (Fsp3) is 0.750. The number of nitrogens with two attached hydrogens (primary N) is 1. The van der Waals surface area contributed by atoms with E-state index in [1.54, 1.807) is 16.6 Å². The van der Waals surface area contributed by atoms with Crippen LogP contribution >= 0.6 is 11.8 Å². The maximum atomic E-state index is 11.5. The molecule has 1 aromatic heterocycles. The van der Waals surface area contributed by atoms with E-state index in [1.165, 1.54) is 11.8 Å². The zero-order valence-electron chi connectivity index (χ0n) is 9.46. The SMILES string of the molecule is CCN(C)C(=O)CSc1nnnn1CCN. The van der Waals surface area contributed by atoms with E-state index in [9.17, 15) is 4.79 Å². The maximum Gasteiger partial charge on any atom is 0.232 e. The van der Waals surface area contributed by atoms with Crippen molar-refractivity contribution in [2.75, 3.05) is 25.9 Å². The monoisotopic (exact) mass is 244 g/mol. The summed E-state index contributed by atoms with van der Waals surface area (Å²) in [6, 6.07) is 0. The largest absolute Gasteiger partial charge is 0.345 e. The summed E-state index contributed by atoms with van der Waals surface area (Å²) in [6.45, 7) is 3.67. The Bertz CT molecular complexity index is 341. The number of carbonyl (C=O) groups excluding carboxylic acids is 1. The van der Waals surface area contributed by atoms with Crippen LogP contribution in [0.4, 0.5) is 0 Å². The van der Waals surface area contributed by atoms with E-state index < -0.39 is 0 Å². The number of tetrazole rings is 1. The zero-order valence-corrected chi connectivity index (χ0v) is 10.3. The van der Waals surface area contributed by atoms with Crippen molar-refractivity contribution in [2.24, 2.45) is 5.73 Å². The van der Waals surface area contributed by atoms with Crippen LogP contribution in [0, 0.1) is 0 Å². The van der Waals surface area contributed by atoms with Crippen LogP contribution in [-0.4, -0.2) is 56.9 Å². The Kier molecular flexibility index (Phi) is 5.20. The fourth-order valence-corrected chi connectivity index (χ4v) is 1.82. The summed E-state index contributed by atoms with van der Waals surface area (Å²) in [6.07, 6.45) is 0. The molecule has 7 nitrogen and oxygen atoms in total. The third kappa shape index (κ3) is 3.46. The van der Waals surface area contributed by atoms with E-state index in [2.05, 4.69) is 15.5 Å². The summed E-state index contributed by atoms with van der Waals surface area (Å²) in [4.78, 5) is 13.2. The van der Waals surface area contributed by atoms with Crippen molar-refractivity contribution < 1.29 is 4.79 Å². The lowest BCUT2D eigenvalue weighted by molar-refractivity contribution is -0.126. The smallest absolute Gasteiger partial charge is 0.232 e. The minimum absolute atomic E-state index is 0.0646. The molecule has 1 aromatic rings. The van der Waals surface area contributed by atoms with Gasteiger partial charge in [0.25, 0.3) is 0 Å². The summed E-state index contributed by atoms with van der Waals surface area (Å²) < 4.78 is 1.60. The average molecular weight is 244 g/mol. The molecule has 8 heteroatoms. The molecule has 1 amide bonds. The summed E-state index contributed by atoms with van der Waals surface area (Å²) in [5.41, 5.74) is 5.41. The molecule has 0 saturated heterocycles. The van der Waals surface area contributed by atoms with Gasteiger partial charge in [0.2, 0.25) is 11.1 Å². The number of aromatic nitrogens is 4. The standard InChI is InChI=1S/C8H16N6OS/c1-3-13(2)7(15)6-16-8-10-11-12-14(8)5-4-9/h3-6,9H2,1-2H3. The molecule has 0 aliphatic carbocycles. The van der Waals surface area contributed by atoms with E-state index in [0.717, 1.165) is 0 Å². The average Bonchev–Trinajstić information content (AvgIpc) is 2.73. The molecule has 0 atom stereocenters. The minimum atomic E-state index is 0.0646. The first kappa shape index (κ1) is 12.9. The third-order valence-electron chi connectivity index (χ3n) is 2.06. The number of hydrogen-bond acceptors (Lipinski definition) is 6. The molecule has 0 saturated carbocycles. The Morgan fingerprint density at radius 1 is 1.62 bits per heavy atom. The first-order chi connectivity index (χ1) is 7.69. The van der Waals surface area contributed by atoms with Gasteiger partial charge in [0.05, 0.1) is 12.3 Å². The molecule has 0 unspecified atom stereocenters. The third-order valence-corrected chi connectivity index (χ3v) is 3.01. The summed E-state index contributed by atoms with van der Waals surface area (Å²) in [7, 11) is 1.77. The number of nitrogens with zero attached hydrogens (tertiary/aromatic N) is 5. The molecule has 0 spiro atoms. The molecular weight excluding hydrogens is 228 g/mol. The van der Waals surface area contributed by atoms with Crippen LogP contribution in [0.1, 0.15) is 6.92 Å². The Morgan fingerprint density at radius 3 is 3.00 bits per heavy atom. The van der Waals surface area contributed by atoms with Crippen molar-refractivity contribution in [3.05, 3.63) is 0 Å². The van der Waals surface area contributed by atoms with Crippen molar-refractivity contribution in [2.45, 2.75) is 18.6 Å². The van der Waals surface area contributed by atoms with Crippen LogP contribution in [0.3, 0.4) is 0 Å². The highest BCUT2D eigenvalue weighted by Gasteiger charge is 2.11. The van der Waals surface area contributed by atoms with Gasteiger partial charge in [-0.25, -0.2) is 4.68 Å². The van der Waals surface area contributed by atoms with Crippen LogP contribution in [-0.2, 0) is 11.3 Å². The molecular formula is C8H16N6OS. The lowest BCUT2D eigenvalue weighted by atomic mass is 10.5. The van der Waals surface area contributed by atoms with E-state index in [0.29, 0.717) is 30.5 Å². The summed E-state index contributed by atoms with van der Waals surface area (Å²) >= 11 is 1.33. The van der Waals surface area contributed by atoms with Gasteiger partial charge in [0.15, 0.2) is 0 Å². The first-order valence-electron chi connectivity index (χ1n) is 5.02. The number of hydrogen-bond donors (Lipinski definition) is 1. The van der Waals surface area contributed by atoms with Crippen LogP contribution in [0.25, 0.3) is 0 Å². The second-order valence-corrected chi connectivity index (χ2v) is 4.11. The molecule has 0 bridgehead atoms. The highest BCUT2D eigenvalue weighted by molar-refractivity contribution is 7.99. The predicted molar refractivity (Wildman–Crippen MR) is 60.9 cm³/mol. The molecule has 16 heavy (non-hydrogen) atoms. The fourth-order valence-electron chi connectivity index (χ4n) is 0.975. The molecule has 0 aromatic carbocycles. The molecule has 2 N–H and O–H groups in total. The first-order valence-corrected chi connectivity index (χ1v) is 6.00. The van der Waals surface area contributed by atoms with Gasteiger partial charge < -0.3 is 10.6 Å². The zero-order chi connectivity index (χ0) is 12.0. The van der Waals surface area contributed by atoms with Gasteiger partial charge in [0, 0.05) is 20.1 Å². The van der Waals surface area contributed by atoms with Gasteiger partial charge in [0.1, 0.15) is 0 Å².